The van der Waals surface area contributed by atoms with Crippen molar-refractivity contribution in [3.8, 4) is 0 Å². The molecule has 1 fully saturated rings. The Hall–Kier alpha value is -2.62. The minimum atomic E-state index is -1.09. The Morgan fingerprint density at radius 3 is 2.70 bits per heavy atom. The summed E-state index contributed by atoms with van der Waals surface area (Å²) in [5.41, 5.74) is 5.46. The maximum atomic E-state index is 12.9. The minimum absolute atomic E-state index is 0.0758. The van der Waals surface area contributed by atoms with Crippen LogP contribution in [0.1, 0.15) is 46.0 Å². The van der Waals surface area contributed by atoms with Gasteiger partial charge in [-0.1, -0.05) is 12.1 Å². The highest BCUT2D eigenvalue weighted by atomic mass is 16.3. The molecular weight excluding hydrogens is 352 g/mol. The second-order valence-corrected chi connectivity index (χ2v) is 7.09. The average molecular weight is 374 g/mol. The van der Waals surface area contributed by atoms with Gasteiger partial charge in [-0.25, -0.2) is 0 Å². The van der Waals surface area contributed by atoms with E-state index in [2.05, 4.69) is 10.6 Å². The molecule has 2 atom stereocenters. The molecule has 2 unspecified atom stereocenters. The summed E-state index contributed by atoms with van der Waals surface area (Å²) in [7, 11) is 0. The number of nitrogens with zero attached hydrogens (tertiary/aromatic N) is 1. The lowest BCUT2D eigenvalue weighted by Gasteiger charge is -2.27. The smallest absolute Gasteiger partial charge is 0.262 e. The normalized spacial score (nSPS) is 21.9. The first kappa shape index (κ1) is 19.2. The summed E-state index contributed by atoms with van der Waals surface area (Å²) in [5.74, 6) is -2.14. The quantitative estimate of drug-likeness (QED) is 0.462. The molecule has 0 saturated carbocycles. The van der Waals surface area contributed by atoms with Crippen molar-refractivity contribution in [2.24, 2.45) is 5.73 Å². The van der Waals surface area contributed by atoms with E-state index in [-0.39, 0.29) is 43.6 Å². The fraction of sp³-hybridized carbons (Fsp3) is 0.444. The summed E-state index contributed by atoms with van der Waals surface area (Å²) in [6.45, 7) is 2.14. The Balaban J connectivity index is 1.82. The van der Waals surface area contributed by atoms with Gasteiger partial charge in [-0.2, -0.15) is 0 Å². The van der Waals surface area contributed by atoms with E-state index in [4.69, 9.17) is 5.73 Å². The molecule has 0 spiro atoms. The van der Waals surface area contributed by atoms with E-state index >= 15 is 0 Å². The molecular formula is C18H22N4O5. The highest BCUT2D eigenvalue weighted by Crippen LogP contribution is 2.29. The summed E-state index contributed by atoms with van der Waals surface area (Å²) in [5, 5.41) is 15.2. The SMILES string of the molecule is CC(O)(CN)CNCc1cccc2c1C(=O)N(C1CCC(=O)NC1=O)C2=O. The van der Waals surface area contributed by atoms with E-state index in [1.807, 2.05) is 0 Å². The summed E-state index contributed by atoms with van der Waals surface area (Å²) >= 11 is 0. The Kier molecular flexibility index (Phi) is 5.09. The van der Waals surface area contributed by atoms with Gasteiger partial charge < -0.3 is 16.2 Å². The van der Waals surface area contributed by atoms with Gasteiger partial charge in [0.25, 0.3) is 11.8 Å². The highest BCUT2D eigenvalue weighted by Gasteiger charge is 2.45. The Labute approximate surface area is 155 Å². The number of imide groups is 2. The first-order valence-corrected chi connectivity index (χ1v) is 8.72. The van der Waals surface area contributed by atoms with Crippen LogP contribution in [-0.4, -0.2) is 58.4 Å². The van der Waals surface area contributed by atoms with Crippen molar-refractivity contribution in [1.82, 2.24) is 15.5 Å². The topological polar surface area (TPSA) is 142 Å². The first-order chi connectivity index (χ1) is 12.7. The molecule has 0 aromatic heterocycles. The molecule has 1 aromatic carbocycles. The van der Waals surface area contributed by atoms with Gasteiger partial charge in [0.15, 0.2) is 0 Å². The van der Waals surface area contributed by atoms with Gasteiger partial charge in [0.2, 0.25) is 11.8 Å². The lowest BCUT2D eigenvalue weighted by molar-refractivity contribution is -0.136. The van der Waals surface area contributed by atoms with Gasteiger partial charge in [0, 0.05) is 26.1 Å². The number of carbonyl (C=O) groups excluding carboxylic acids is 4. The van der Waals surface area contributed by atoms with Crippen molar-refractivity contribution >= 4 is 23.6 Å². The van der Waals surface area contributed by atoms with Crippen molar-refractivity contribution in [3.05, 3.63) is 34.9 Å². The Morgan fingerprint density at radius 1 is 1.30 bits per heavy atom. The van der Waals surface area contributed by atoms with Gasteiger partial charge in [-0.05, 0) is 25.0 Å². The number of piperidine rings is 1. The van der Waals surface area contributed by atoms with E-state index in [0.29, 0.717) is 5.56 Å². The van der Waals surface area contributed by atoms with Gasteiger partial charge in [-0.15, -0.1) is 0 Å². The average Bonchev–Trinajstić information content (AvgIpc) is 2.87. The van der Waals surface area contributed by atoms with Crippen LogP contribution in [0, 0.1) is 0 Å². The molecule has 144 valence electrons. The summed E-state index contributed by atoms with van der Waals surface area (Å²) in [6.07, 6.45) is 0.190. The number of rotatable bonds is 6. The van der Waals surface area contributed by atoms with Crippen molar-refractivity contribution in [2.45, 2.75) is 38.0 Å². The number of benzene rings is 1. The molecule has 2 aliphatic heterocycles. The first-order valence-electron chi connectivity index (χ1n) is 8.72. The monoisotopic (exact) mass is 374 g/mol. The molecule has 0 radical (unpaired) electrons. The lowest BCUT2D eigenvalue weighted by atomic mass is 10.0. The number of hydrogen-bond acceptors (Lipinski definition) is 7. The third kappa shape index (κ3) is 3.61. The Morgan fingerprint density at radius 2 is 2.04 bits per heavy atom. The van der Waals surface area contributed by atoms with Crippen molar-refractivity contribution in [2.75, 3.05) is 13.1 Å². The molecule has 9 nitrogen and oxygen atoms in total. The summed E-state index contributed by atoms with van der Waals surface area (Å²) < 4.78 is 0. The van der Waals surface area contributed by atoms with E-state index in [1.54, 1.807) is 25.1 Å². The Bertz CT molecular complexity index is 820. The van der Waals surface area contributed by atoms with Crippen LogP contribution in [0.5, 0.6) is 0 Å². The number of hydrogen-bond donors (Lipinski definition) is 4. The van der Waals surface area contributed by atoms with Crippen LogP contribution in [0.3, 0.4) is 0 Å². The summed E-state index contributed by atoms with van der Waals surface area (Å²) in [4.78, 5) is 50.0. The number of nitrogens with two attached hydrogens (primary N) is 1. The van der Waals surface area contributed by atoms with Crippen LogP contribution in [-0.2, 0) is 16.1 Å². The van der Waals surface area contributed by atoms with Crippen LogP contribution < -0.4 is 16.4 Å². The molecule has 4 amide bonds. The number of fused-ring (bicyclic) bond motifs is 1. The highest BCUT2D eigenvalue weighted by molar-refractivity contribution is 6.24. The van der Waals surface area contributed by atoms with Crippen LogP contribution in [0.2, 0.25) is 0 Å². The number of carbonyl (C=O) groups is 4. The molecule has 2 heterocycles. The molecule has 1 saturated heterocycles. The number of amides is 4. The third-order valence-electron chi connectivity index (χ3n) is 4.82. The van der Waals surface area contributed by atoms with E-state index in [1.165, 1.54) is 0 Å². The predicted molar refractivity (Wildman–Crippen MR) is 94.5 cm³/mol. The van der Waals surface area contributed by atoms with Gasteiger partial charge in [0.05, 0.1) is 16.7 Å². The molecule has 0 bridgehead atoms. The van der Waals surface area contributed by atoms with Crippen LogP contribution in [0.15, 0.2) is 18.2 Å². The van der Waals surface area contributed by atoms with Crippen LogP contribution in [0.4, 0.5) is 0 Å². The van der Waals surface area contributed by atoms with Crippen molar-refractivity contribution in [1.29, 1.82) is 0 Å². The maximum absolute atomic E-state index is 12.9. The number of aliphatic hydroxyl groups is 1. The molecule has 9 heteroatoms. The van der Waals surface area contributed by atoms with Gasteiger partial charge in [0.1, 0.15) is 6.04 Å². The standard InChI is InChI=1S/C18H22N4O5/c1-18(27,8-19)9-20-7-10-3-2-4-11-14(10)17(26)22(16(11)25)12-5-6-13(23)21-15(12)24/h2-4,12,20,27H,5-9,19H2,1H3,(H,21,23,24). The zero-order valence-corrected chi connectivity index (χ0v) is 14.9. The molecule has 5 N–H and O–H groups in total. The van der Waals surface area contributed by atoms with Gasteiger partial charge in [-0.3, -0.25) is 29.4 Å². The third-order valence-corrected chi connectivity index (χ3v) is 4.82. The van der Waals surface area contributed by atoms with Crippen molar-refractivity contribution in [3.63, 3.8) is 0 Å². The molecule has 1 aromatic rings. The second kappa shape index (κ2) is 7.18. The predicted octanol–water partition coefficient (Wildman–Crippen LogP) is -1.11. The summed E-state index contributed by atoms with van der Waals surface area (Å²) in [6, 6.07) is 3.92. The molecule has 2 aliphatic rings. The number of nitrogens with one attached hydrogen (secondary N) is 2. The molecule has 3 rings (SSSR count). The maximum Gasteiger partial charge on any atom is 0.262 e. The van der Waals surface area contributed by atoms with Crippen LogP contribution >= 0.6 is 0 Å². The molecule has 27 heavy (non-hydrogen) atoms. The van der Waals surface area contributed by atoms with E-state index in [0.717, 1.165) is 4.90 Å². The van der Waals surface area contributed by atoms with Crippen LogP contribution in [0.25, 0.3) is 0 Å². The van der Waals surface area contributed by atoms with Crippen molar-refractivity contribution < 1.29 is 24.3 Å². The largest absolute Gasteiger partial charge is 0.388 e. The van der Waals surface area contributed by atoms with Gasteiger partial charge >= 0.3 is 0 Å². The van der Waals surface area contributed by atoms with E-state index < -0.39 is 35.3 Å². The fourth-order valence-corrected chi connectivity index (χ4v) is 3.27. The molecule has 0 aliphatic carbocycles. The zero-order chi connectivity index (χ0) is 19.8. The zero-order valence-electron chi connectivity index (χ0n) is 14.9. The minimum Gasteiger partial charge on any atom is -0.388 e. The lowest BCUT2D eigenvalue weighted by Crippen LogP contribution is -2.54. The van der Waals surface area contributed by atoms with E-state index in [9.17, 15) is 24.3 Å². The second-order valence-electron chi connectivity index (χ2n) is 7.09. The fourth-order valence-electron chi connectivity index (χ4n) is 3.27.